The van der Waals surface area contributed by atoms with E-state index in [1.807, 2.05) is 6.07 Å². The maximum Gasteiger partial charge on any atom is 0.220 e. The molecule has 1 heterocycles. The highest BCUT2D eigenvalue weighted by Crippen LogP contribution is 2.32. The number of phenols is 1. The van der Waals surface area contributed by atoms with Crippen molar-refractivity contribution in [3.63, 3.8) is 0 Å². The summed E-state index contributed by atoms with van der Waals surface area (Å²) in [7, 11) is 0. The van der Waals surface area contributed by atoms with E-state index in [1.54, 1.807) is 24.4 Å². The molecule has 0 bridgehead atoms. The van der Waals surface area contributed by atoms with Gasteiger partial charge in [-0.15, -0.1) is 0 Å². The van der Waals surface area contributed by atoms with Crippen LogP contribution in [0.15, 0.2) is 30.5 Å². The lowest BCUT2D eigenvalue weighted by Crippen LogP contribution is -2.10. The summed E-state index contributed by atoms with van der Waals surface area (Å²) >= 11 is 0. The Bertz CT molecular complexity index is 558. The molecule has 1 aromatic carbocycles. The summed E-state index contributed by atoms with van der Waals surface area (Å²) < 4.78 is 0. The van der Waals surface area contributed by atoms with Crippen LogP contribution in [0.4, 0.5) is 11.6 Å². The number of phenolic OH excluding ortho intramolecular Hbond substituents is 1. The van der Waals surface area contributed by atoms with Crippen LogP contribution in [0.2, 0.25) is 0 Å². The maximum absolute atomic E-state index is 9.90. The molecule has 0 fully saturated rings. The van der Waals surface area contributed by atoms with Gasteiger partial charge in [-0.2, -0.15) is 0 Å². The van der Waals surface area contributed by atoms with Gasteiger partial charge < -0.3 is 21.9 Å². The fourth-order valence-corrected chi connectivity index (χ4v) is 1.73. The van der Waals surface area contributed by atoms with Crippen LogP contribution in [-0.4, -0.2) is 28.2 Å². The number of nitrogens with zero attached hydrogens (tertiary/aromatic N) is 2. The molecule has 6 heteroatoms. The summed E-state index contributed by atoms with van der Waals surface area (Å²) in [4.78, 5) is 8.16. The molecule has 0 aliphatic rings. The zero-order valence-corrected chi connectivity index (χ0v) is 10.5. The van der Waals surface area contributed by atoms with Crippen molar-refractivity contribution in [2.45, 2.75) is 6.42 Å². The predicted octanol–water partition coefficient (Wildman–Crippen LogP) is 1.19. The molecule has 0 radical (unpaired) electrons. The first kappa shape index (κ1) is 13.1. The van der Waals surface area contributed by atoms with Crippen molar-refractivity contribution >= 4 is 11.6 Å². The van der Waals surface area contributed by atoms with E-state index in [9.17, 15) is 5.11 Å². The number of hydrogen-bond donors (Lipinski definition) is 4. The van der Waals surface area contributed by atoms with Crippen LogP contribution in [0.25, 0.3) is 11.3 Å². The lowest BCUT2D eigenvalue weighted by molar-refractivity contribution is 0.477. The Morgan fingerprint density at radius 2 is 2.05 bits per heavy atom. The Morgan fingerprint density at radius 3 is 2.79 bits per heavy atom. The highest BCUT2D eigenvalue weighted by atomic mass is 16.3. The van der Waals surface area contributed by atoms with Crippen molar-refractivity contribution in [3.05, 3.63) is 30.5 Å². The number of para-hydroxylation sites is 1. The van der Waals surface area contributed by atoms with Crippen LogP contribution >= 0.6 is 0 Å². The number of nitrogens with one attached hydrogen (secondary N) is 1. The van der Waals surface area contributed by atoms with Gasteiger partial charge in [0.05, 0.1) is 11.9 Å². The zero-order chi connectivity index (χ0) is 13.7. The van der Waals surface area contributed by atoms with E-state index in [2.05, 4.69) is 15.3 Å². The summed E-state index contributed by atoms with van der Waals surface area (Å²) in [5, 5.41) is 13.1. The SMILES string of the molecule is NCCCNc1cnc(N)nc1-c1ccccc1O. The molecular formula is C13H17N5O. The Kier molecular flexibility index (Phi) is 4.15. The summed E-state index contributed by atoms with van der Waals surface area (Å²) in [6.07, 6.45) is 2.45. The first-order valence-corrected chi connectivity index (χ1v) is 6.07. The van der Waals surface area contributed by atoms with E-state index < -0.39 is 0 Å². The van der Waals surface area contributed by atoms with Crippen LogP contribution in [0.5, 0.6) is 5.75 Å². The average molecular weight is 259 g/mol. The third kappa shape index (κ3) is 3.11. The van der Waals surface area contributed by atoms with Crippen LogP contribution in [0.1, 0.15) is 6.42 Å². The zero-order valence-electron chi connectivity index (χ0n) is 10.5. The highest BCUT2D eigenvalue weighted by molar-refractivity contribution is 5.78. The minimum atomic E-state index is 0.155. The fraction of sp³-hybridized carbons (Fsp3) is 0.231. The normalized spacial score (nSPS) is 10.4. The molecule has 0 aliphatic carbocycles. The van der Waals surface area contributed by atoms with Crippen molar-refractivity contribution in [1.82, 2.24) is 9.97 Å². The first-order valence-electron chi connectivity index (χ1n) is 6.07. The lowest BCUT2D eigenvalue weighted by atomic mass is 10.1. The van der Waals surface area contributed by atoms with Gasteiger partial charge in [0.2, 0.25) is 5.95 Å². The van der Waals surface area contributed by atoms with Gasteiger partial charge in [0, 0.05) is 12.1 Å². The minimum absolute atomic E-state index is 0.155. The Balaban J connectivity index is 2.37. The molecule has 0 saturated heterocycles. The number of nitrogen functional groups attached to an aromatic ring is 1. The minimum Gasteiger partial charge on any atom is -0.507 e. The van der Waals surface area contributed by atoms with E-state index in [-0.39, 0.29) is 11.7 Å². The number of hydrogen-bond acceptors (Lipinski definition) is 6. The van der Waals surface area contributed by atoms with Crippen LogP contribution < -0.4 is 16.8 Å². The summed E-state index contributed by atoms with van der Waals surface area (Å²) in [5.74, 6) is 0.324. The molecule has 2 rings (SSSR count). The molecule has 0 amide bonds. The molecule has 0 aliphatic heterocycles. The Labute approximate surface area is 111 Å². The van der Waals surface area contributed by atoms with Crippen LogP contribution in [0, 0.1) is 0 Å². The second kappa shape index (κ2) is 6.01. The molecule has 0 atom stereocenters. The number of aromatic nitrogens is 2. The maximum atomic E-state index is 9.90. The van der Waals surface area contributed by atoms with Gasteiger partial charge in [-0.25, -0.2) is 9.97 Å². The molecule has 6 nitrogen and oxygen atoms in total. The van der Waals surface area contributed by atoms with Gasteiger partial charge in [-0.05, 0) is 25.1 Å². The fourth-order valence-electron chi connectivity index (χ4n) is 1.73. The van der Waals surface area contributed by atoms with E-state index in [0.29, 0.717) is 24.3 Å². The van der Waals surface area contributed by atoms with Gasteiger partial charge in [-0.3, -0.25) is 0 Å². The van der Waals surface area contributed by atoms with Gasteiger partial charge in [-0.1, -0.05) is 12.1 Å². The molecule has 19 heavy (non-hydrogen) atoms. The molecular weight excluding hydrogens is 242 g/mol. The molecule has 0 saturated carbocycles. The third-order valence-electron chi connectivity index (χ3n) is 2.66. The van der Waals surface area contributed by atoms with Crippen molar-refractivity contribution in [2.75, 3.05) is 24.1 Å². The van der Waals surface area contributed by atoms with Gasteiger partial charge in [0.25, 0.3) is 0 Å². The number of rotatable bonds is 5. The van der Waals surface area contributed by atoms with Crippen LogP contribution in [0.3, 0.4) is 0 Å². The summed E-state index contributed by atoms with van der Waals surface area (Å²) in [6, 6.07) is 6.98. The largest absolute Gasteiger partial charge is 0.507 e. The lowest BCUT2D eigenvalue weighted by Gasteiger charge is -2.12. The van der Waals surface area contributed by atoms with E-state index in [1.165, 1.54) is 0 Å². The molecule has 2 aromatic rings. The monoisotopic (exact) mass is 259 g/mol. The van der Waals surface area contributed by atoms with Crippen molar-refractivity contribution in [3.8, 4) is 17.0 Å². The summed E-state index contributed by atoms with van der Waals surface area (Å²) in [5.41, 5.74) is 13.0. The van der Waals surface area contributed by atoms with Gasteiger partial charge >= 0.3 is 0 Å². The van der Waals surface area contributed by atoms with Crippen molar-refractivity contribution in [2.24, 2.45) is 5.73 Å². The van der Waals surface area contributed by atoms with E-state index in [0.717, 1.165) is 12.1 Å². The molecule has 0 spiro atoms. The summed E-state index contributed by atoms with van der Waals surface area (Å²) in [6.45, 7) is 1.32. The van der Waals surface area contributed by atoms with Gasteiger partial charge in [0.1, 0.15) is 11.4 Å². The molecule has 6 N–H and O–H groups in total. The highest BCUT2D eigenvalue weighted by Gasteiger charge is 2.11. The predicted molar refractivity (Wildman–Crippen MR) is 75.7 cm³/mol. The standard InChI is InChI=1S/C13H17N5O/c14-6-3-7-16-10-8-17-13(15)18-12(10)9-4-1-2-5-11(9)19/h1-2,4-5,8,16,19H,3,6-7,14H2,(H2,15,17,18). The Hall–Kier alpha value is -2.34. The molecule has 100 valence electrons. The van der Waals surface area contributed by atoms with Gasteiger partial charge in [0.15, 0.2) is 0 Å². The number of nitrogens with two attached hydrogens (primary N) is 2. The third-order valence-corrected chi connectivity index (χ3v) is 2.66. The molecule has 0 unspecified atom stereocenters. The van der Waals surface area contributed by atoms with Crippen molar-refractivity contribution < 1.29 is 5.11 Å². The number of benzene rings is 1. The van der Waals surface area contributed by atoms with E-state index >= 15 is 0 Å². The quantitative estimate of drug-likeness (QED) is 0.600. The molecule has 1 aromatic heterocycles. The second-order valence-corrected chi connectivity index (χ2v) is 4.08. The van der Waals surface area contributed by atoms with E-state index in [4.69, 9.17) is 11.5 Å². The number of anilines is 2. The Morgan fingerprint density at radius 1 is 1.26 bits per heavy atom. The first-order chi connectivity index (χ1) is 9.22. The van der Waals surface area contributed by atoms with Crippen LogP contribution in [-0.2, 0) is 0 Å². The number of aromatic hydroxyl groups is 1. The smallest absolute Gasteiger partial charge is 0.220 e. The van der Waals surface area contributed by atoms with Crippen molar-refractivity contribution in [1.29, 1.82) is 0 Å². The second-order valence-electron chi connectivity index (χ2n) is 4.08. The average Bonchev–Trinajstić information content (AvgIpc) is 2.41. The topological polar surface area (TPSA) is 110 Å².